The molecule has 0 radical (unpaired) electrons. The largest absolute Gasteiger partial charge is 0.398 e. The molecular weight excluding hydrogens is 367 g/mol. The lowest BCUT2D eigenvalue weighted by molar-refractivity contribution is 0.0601. The molecule has 3 rings (SSSR count). The van der Waals surface area contributed by atoms with Gasteiger partial charge in [0.2, 0.25) is 5.97 Å². The van der Waals surface area contributed by atoms with Crippen LogP contribution in [0.15, 0.2) is 42.0 Å². The zero-order valence-electron chi connectivity index (χ0n) is 16.7. The molecule has 29 heavy (non-hydrogen) atoms. The number of amides is 1. The summed E-state index contributed by atoms with van der Waals surface area (Å²) in [4.78, 5) is 14.8. The van der Waals surface area contributed by atoms with Gasteiger partial charge in [-0.05, 0) is 55.7 Å². The van der Waals surface area contributed by atoms with Gasteiger partial charge in [0.05, 0.1) is 11.6 Å². The summed E-state index contributed by atoms with van der Waals surface area (Å²) in [6.07, 6.45) is 0. The molecule has 1 saturated heterocycles. The molecule has 1 aliphatic rings. The van der Waals surface area contributed by atoms with Gasteiger partial charge in [-0.3, -0.25) is 10.2 Å². The molecule has 2 aromatic rings. The summed E-state index contributed by atoms with van der Waals surface area (Å²) < 4.78 is 13.3. The zero-order chi connectivity index (χ0) is 21.3. The Balaban J connectivity index is 1.81. The first-order valence-corrected chi connectivity index (χ1v) is 9.34. The molecular formula is C23H23FN4O. The molecule has 0 unspecified atom stereocenters. The minimum atomic E-state index is -1.08. The van der Waals surface area contributed by atoms with Crippen molar-refractivity contribution in [3.05, 3.63) is 75.4 Å². The van der Waals surface area contributed by atoms with Crippen molar-refractivity contribution in [2.24, 2.45) is 5.73 Å². The van der Waals surface area contributed by atoms with Crippen LogP contribution in [-0.4, -0.2) is 29.9 Å². The van der Waals surface area contributed by atoms with Crippen molar-refractivity contribution in [3.8, 4) is 6.07 Å². The van der Waals surface area contributed by atoms with E-state index in [9.17, 15) is 9.18 Å². The van der Waals surface area contributed by atoms with Crippen molar-refractivity contribution >= 4 is 17.6 Å². The number of nitrogens with two attached hydrogens (primary N) is 1. The maximum absolute atomic E-state index is 13.3. The van der Waals surface area contributed by atoms with Gasteiger partial charge in [-0.2, -0.15) is 9.65 Å². The summed E-state index contributed by atoms with van der Waals surface area (Å²) >= 11 is 0. The fourth-order valence-electron chi connectivity index (χ4n) is 3.55. The van der Waals surface area contributed by atoms with E-state index in [2.05, 4.69) is 6.07 Å². The third-order valence-corrected chi connectivity index (χ3v) is 5.51. The Hall–Kier alpha value is -3.46. The quantitative estimate of drug-likeness (QED) is 0.771. The van der Waals surface area contributed by atoms with Gasteiger partial charge in [0, 0.05) is 41.4 Å². The summed E-state index contributed by atoms with van der Waals surface area (Å²) in [7, 11) is 0. The molecule has 0 bridgehead atoms. The number of aryl methyl sites for hydroxylation is 2. The van der Waals surface area contributed by atoms with Crippen LogP contribution in [0.3, 0.4) is 0 Å². The van der Waals surface area contributed by atoms with E-state index in [4.69, 9.17) is 16.4 Å². The summed E-state index contributed by atoms with van der Waals surface area (Å²) in [6, 6.07) is 13.1. The Morgan fingerprint density at radius 3 is 2.31 bits per heavy atom. The normalized spacial score (nSPS) is 14.7. The highest BCUT2D eigenvalue weighted by Gasteiger charge is 2.33. The molecule has 3 N–H and O–H groups in total. The molecule has 0 atom stereocenters. The molecule has 2 aromatic carbocycles. The van der Waals surface area contributed by atoms with Gasteiger partial charge in [-0.25, -0.2) is 0 Å². The second kappa shape index (κ2) is 7.88. The molecule has 5 nitrogen and oxygen atoms in total. The highest BCUT2D eigenvalue weighted by atomic mass is 19.1. The zero-order valence-corrected chi connectivity index (χ0v) is 16.7. The van der Waals surface area contributed by atoms with E-state index in [0.717, 1.165) is 16.7 Å². The number of halogens is 1. The van der Waals surface area contributed by atoms with Crippen molar-refractivity contribution in [3.63, 3.8) is 0 Å². The first-order chi connectivity index (χ1) is 13.7. The fraction of sp³-hybridized carbons (Fsp3) is 0.261. The van der Waals surface area contributed by atoms with Gasteiger partial charge in [0.15, 0.2) is 0 Å². The van der Waals surface area contributed by atoms with Crippen molar-refractivity contribution in [2.45, 2.75) is 26.7 Å². The number of hydrogen-bond acceptors (Lipinski definition) is 4. The summed E-state index contributed by atoms with van der Waals surface area (Å²) in [5.41, 5.74) is 10.8. The van der Waals surface area contributed by atoms with Gasteiger partial charge in [-0.15, -0.1) is 0 Å². The molecule has 0 spiro atoms. The van der Waals surface area contributed by atoms with Crippen LogP contribution in [0.25, 0.3) is 5.70 Å². The number of likely N-dealkylation sites (tertiary alicyclic amines) is 1. The Kier molecular flexibility index (Phi) is 5.51. The number of allylic oxidation sites excluding steroid dienone is 1. The van der Waals surface area contributed by atoms with E-state index in [0.29, 0.717) is 29.8 Å². The minimum Gasteiger partial charge on any atom is -0.398 e. The summed E-state index contributed by atoms with van der Waals surface area (Å²) in [5.74, 6) is -0.922. The number of nitrogens with one attached hydrogen (secondary N) is 1. The van der Waals surface area contributed by atoms with E-state index in [-0.39, 0.29) is 23.1 Å². The Morgan fingerprint density at radius 1 is 1.17 bits per heavy atom. The lowest BCUT2D eigenvalue weighted by atomic mass is 9.89. The number of carbonyl (C=O) groups excluding carboxylic acids is 1. The molecule has 1 aliphatic heterocycles. The van der Waals surface area contributed by atoms with Gasteiger partial charge >= 0.3 is 0 Å². The molecule has 1 amide bonds. The Labute approximate surface area is 169 Å². The second-order valence-corrected chi connectivity index (χ2v) is 7.48. The number of benzene rings is 2. The molecule has 0 aliphatic carbocycles. The van der Waals surface area contributed by atoms with Crippen LogP contribution in [0, 0.1) is 30.6 Å². The highest BCUT2D eigenvalue weighted by Crippen LogP contribution is 2.30. The van der Waals surface area contributed by atoms with Gasteiger partial charge < -0.3 is 10.6 Å². The topological polar surface area (TPSA) is 94.0 Å². The Morgan fingerprint density at radius 2 is 1.76 bits per heavy atom. The standard InChI is InChI=1S/C23H23FN4O/c1-13-8-14(2)20(9-19(13)21(26)15(3)22(24)27)23(29)28-11-18(12-28)17-6-4-16(10-25)5-7-17/h4-9,18,27H,11-12,26H2,1-3H3/b21-15-,27-22?. The molecule has 0 saturated carbocycles. The third-order valence-electron chi connectivity index (χ3n) is 5.51. The minimum absolute atomic E-state index is 0.0557. The van der Waals surface area contributed by atoms with Crippen LogP contribution in [-0.2, 0) is 0 Å². The first kappa shape index (κ1) is 20.3. The predicted molar refractivity (Wildman–Crippen MR) is 111 cm³/mol. The number of nitrogens with zero attached hydrogens (tertiary/aromatic N) is 2. The average Bonchev–Trinajstić information content (AvgIpc) is 2.66. The number of nitriles is 1. The average molecular weight is 390 g/mol. The van der Waals surface area contributed by atoms with Crippen LogP contribution in [0.5, 0.6) is 0 Å². The van der Waals surface area contributed by atoms with Crippen molar-refractivity contribution in [2.75, 3.05) is 13.1 Å². The van der Waals surface area contributed by atoms with Crippen LogP contribution >= 0.6 is 0 Å². The number of hydrogen-bond donors (Lipinski definition) is 2. The molecule has 148 valence electrons. The maximum Gasteiger partial charge on any atom is 0.254 e. The predicted octanol–water partition coefficient (Wildman–Crippen LogP) is 4.05. The number of rotatable bonds is 4. The third kappa shape index (κ3) is 3.90. The fourth-order valence-corrected chi connectivity index (χ4v) is 3.55. The molecule has 0 aromatic heterocycles. The lowest BCUT2D eigenvalue weighted by Gasteiger charge is -2.40. The van der Waals surface area contributed by atoms with Crippen molar-refractivity contribution < 1.29 is 9.18 Å². The number of carbonyl (C=O) groups is 1. The van der Waals surface area contributed by atoms with Gasteiger partial charge in [0.25, 0.3) is 5.91 Å². The van der Waals surface area contributed by atoms with Gasteiger partial charge in [0.1, 0.15) is 0 Å². The van der Waals surface area contributed by atoms with Crippen LogP contribution < -0.4 is 5.73 Å². The van der Waals surface area contributed by atoms with Crippen LogP contribution in [0.2, 0.25) is 0 Å². The smallest absolute Gasteiger partial charge is 0.254 e. The van der Waals surface area contributed by atoms with E-state index in [1.165, 1.54) is 6.92 Å². The van der Waals surface area contributed by atoms with Crippen LogP contribution in [0.4, 0.5) is 4.39 Å². The Bertz CT molecular complexity index is 1060. The lowest BCUT2D eigenvalue weighted by Crippen LogP contribution is -2.48. The van der Waals surface area contributed by atoms with Gasteiger partial charge in [-0.1, -0.05) is 18.2 Å². The highest BCUT2D eigenvalue weighted by molar-refractivity contribution is 6.00. The van der Waals surface area contributed by atoms with Crippen molar-refractivity contribution in [1.82, 2.24) is 4.90 Å². The molecule has 6 heteroatoms. The first-order valence-electron chi connectivity index (χ1n) is 9.34. The van der Waals surface area contributed by atoms with Crippen LogP contribution in [0.1, 0.15) is 51.0 Å². The monoisotopic (exact) mass is 390 g/mol. The summed E-state index contributed by atoms with van der Waals surface area (Å²) in [6.45, 7) is 6.38. The maximum atomic E-state index is 13.3. The van der Waals surface area contributed by atoms with Crippen molar-refractivity contribution in [1.29, 1.82) is 10.7 Å². The van der Waals surface area contributed by atoms with E-state index >= 15 is 0 Å². The van der Waals surface area contributed by atoms with E-state index in [1.54, 1.807) is 23.1 Å². The molecule has 1 fully saturated rings. The SMILES string of the molecule is C/C(C(=N)F)=C(/N)c1cc(C(=O)N2CC(c3ccc(C#N)cc3)C2)c(C)cc1C. The van der Waals surface area contributed by atoms with E-state index < -0.39 is 5.97 Å². The second-order valence-electron chi connectivity index (χ2n) is 7.48. The van der Waals surface area contributed by atoms with E-state index in [1.807, 2.05) is 32.0 Å². The molecule has 1 heterocycles. The summed E-state index contributed by atoms with van der Waals surface area (Å²) in [5, 5.41) is 16.1.